The summed E-state index contributed by atoms with van der Waals surface area (Å²) in [7, 11) is 0. The van der Waals surface area contributed by atoms with Crippen molar-refractivity contribution in [2.45, 2.75) is 63.6 Å². The first kappa shape index (κ1) is 23.6. The molecule has 2 fully saturated rings. The monoisotopic (exact) mass is 440 g/mol. The molecule has 1 aliphatic carbocycles. The predicted octanol–water partition coefficient (Wildman–Crippen LogP) is 4.41. The molecule has 2 aliphatic rings. The maximum atomic E-state index is 12.7. The highest BCUT2D eigenvalue weighted by Crippen LogP contribution is 2.29. The third-order valence-corrected chi connectivity index (χ3v) is 6.14. The van der Waals surface area contributed by atoms with E-state index in [4.69, 9.17) is 4.74 Å². The first-order valence-corrected chi connectivity index (χ1v) is 11.2. The van der Waals surface area contributed by atoms with Crippen LogP contribution < -0.4 is 5.32 Å². The van der Waals surface area contributed by atoms with E-state index in [0.717, 1.165) is 31.4 Å². The van der Waals surface area contributed by atoms with Gasteiger partial charge in [-0.3, -0.25) is 9.59 Å². The summed E-state index contributed by atoms with van der Waals surface area (Å²) < 4.78 is 43.9. The second-order valence-corrected chi connectivity index (χ2v) is 8.42. The molecule has 1 saturated carbocycles. The average molecular weight is 441 g/mol. The highest BCUT2D eigenvalue weighted by Gasteiger charge is 2.31. The number of halogens is 3. The second kappa shape index (κ2) is 11.0. The van der Waals surface area contributed by atoms with Gasteiger partial charge in [-0.25, -0.2) is 0 Å². The van der Waals surface area contributed by atoms with Crippen LogP contribution in [-0.4, -0.2) is 49.1 Å². The van der Waals surface area contributed by atoms with Crippen molar-refractivity contribution in [2.75, 3.05) is 26.2 Å². The highest BCUT2D eigenvalue weighted by molar-refractivity contribution is 5.94. The summed E-state index contributed by atoms with van der Waals surface area (Å²) >= 11 is 0. The zero-order valence-electron chi connectivity index (χ0n) is 17.8. The molecule has 1 aromatic carbocycles. The molecule has 8 heteroatoms. The molecule has 1 N–H and O–H groups in total. The van der Waals surface area contributed by atoms with E-state index < -0.39 is 11.7 Å². The van der Waals surface area contributed by atoms with Crippen LogP contribution >= 0.6 is 0 Å². The van der Waals surface area contributed by atoms with Crippen molar-refractivity contribution in [2.24, 2.45) is 5.92 Å². The maximum absolute atomic E-state index is 12.7. The summed E-state index contributed by atoms with van der Waals surface area (Å²) in [6.07, 6.45) is 3.88. The molecular weight excluding hydrogens is 409 g/mol. The van der Waals surface area contributed by atoms with Gasteiger partial charge in [0.05, 0.1) is 11.7 Å². The Morgan fingerprint density at radius 1 is 1.00 bits per heavy atom. The molecule has 1 saturated heterocycles. The fourth-order valence-electron chi connectivity index (χ4n) is 4.24. The Kier molecular flexibility index (Phi) is 8.35. The van der Waals surface area contributed by atoms with Crippen LogP contribution in [0.2, 0.25) is 0 Å². The number of nitrogens with one attached hydrogen (secondary N) is 1. The number of carbonyl (C=O) groups is 2. The number of ether oxygens (including phenoxy) is 1. The lowest BCUT2D eigenvalue weighted by Crippen LogP contribution is -2.43. The summed E-state index contributed by atoms with van der Waals surface area (Å²) in [5.41, 5.74) is -0.544. The van der Waals surface area contributed by atoms with Gasteiger partial charge in [0.1, 0.15) is 0 Å². The summed E-state index contributed by atoms with van der Waals surface area (Å²) in [6.45, 7) is 2.08. The molecular formula is C23H31F3N2O3. The van der Waals surface area contributed by atoms with E-state index in [1.54, 1.807) is 4.90 Å². The van der Waals surface area contributed by atoms with Crippen LogP contribution in [0.25, 0.3) is 0 Å². The number of piperidine rings is 1. The molecule has 0 radical (unpaired) electrons. The highest BCUT2D eigenvalue weighted by atomic mass is 19.4. The van der Waals surface area contributed by atoms with Crippen LogP contribution in [-0.2, 0) is 15.7 Å². The van der Waals surface area contributed by atoms with Crippen molar-refractivity contribution >= 4 is 11.8 Å². The van der Waals surface area contributed by atoms with E-state index >= 15 is 0 Å². The first-order valence-electron chi connectivity index (χ1n) is 11.2. The van der Waals surface area contributed by atoms with Crippen molar-refractivity contribution < 1.29 is 27.5 Å². The lowest BCUT2D eigenvalue weighted by molar-refractivity contribution is -0.137. The molecule has 0 spiro atoms. The molecule has 0 unspecified atom stereocenters. The van der Waals surface area contributed by atoms with Crippen LogP contribution in [0.3, 0.4) is 0 Å². The van der Waals surface area contributed by atoms with Crippen molar-refractivity contribution in [3.05, 3.63) is 35.4 Å². The van der Waals surface area contributed by atoms with Gasteiger partial charge in [0, 0.05) is 37.7 Å². The van der Waals surface area contributed by atoms with E-state index in [0.29, 0.717) is 45.2 Å². The number of nitrogens with zero attached hydrogens (tertiary/aromatic N) is 1. The number of alkyl halides is 3. The minimum absolute atomic E-state index is 0.000652. The molecule has 0 aromatic heterocycles. The zero-order chi connectivity index (χ0) is 22.3. The van der Waals surface area contributed by atoms with Gasteiger partial charge in [-0.1, -0.05) is 19.3 Å². The summed E-state index contributed by atoms with van der Waals surface area (Å²) in [5, 5.41) is 2.96. The van der Waals surface area contributed by atoms with E-state index in [2.05, 4.69) is 5.32 Å². The maximum Gasteiger partial charge on any atom is 0.416 e. The minimum Gasteiger partial charge on any atom is -0.378 e. The molecule has 1 aromatic rings. The van der Waals surface area contributed by atoms with E-state index in [1.165, 1.54) is 31.4 Å². The molecule has 1 heterocycles. The lowest BCUT2D eigenvalue weighted by atomic mass is 9.95. The Labute approximate surface area is 181 Å². The number of hydrogen-bond donors (Lipinski definition) is 1. The van der Waals surface area contributed by atoms with Gasteiger partial charge in [-0.05, 0) is 56.4 Å². The van der Waals surface area contributed by atoms with Gasteiger partial charge in [-0.2, -0.15) is 13.2 Å². The fourth-order valence-corrected chi connectivity index (χ4v) is 4.24. The molecule has 0 atom stereocenters. The molecule has 5 nitrogen and oxygen atoms in total. The Bertz CT molecular complexity index is 723. The van der Waals surface area contributed by atoms with Crippen LogP contribution in [0.5, 0.6) is 0 Å². The number of rotatable bonds is 7. The topological polar surface area (TPSA) is 58.6 Å². The van der Waals surface area contributed by atoms with E-state index in [1.807, 2.05) is 0 Å². The second-order valence-electron chi connectivity index (χ2n) is 8.42. The van der Waals surface area contributed by atoms with E-state index in [9.17, 15) is 22.8 Å². The van der Waals surface area contributed by atoms with Crippen LogP contribution in [0.1, 0.15) is 67.3 Å². The summed E-state index contributed by atoms with van der Waals surface area (Å²) in [4.78, 5) is 26.5. The van der Waals surface area contributed by atoms with Crippen molar-refractivity contribution in [1.29, 1.82) is 0 Å². The summed E-state index contributed by atoms with van der Waals surface area (Å²) in [5.74, 6) is -0.442. The zero-order valence-corrected chi connectivity index (χ0v) is 17.8. The average Bonchev–Trinajstić information content (AvgIpc) is 2.78. The molecule has 1 aliphatic heterocycles. The summed E-state index contributed by atoms with van der Waals surface area (Å²) in [6, 6.07) is 4.26. The minimum atomic E-state index is -4.42. The number of benzene rings is 1. The Morgan fingerprint density at radius 3 is 2.26 bits per heavy atom. The van der Waals surface area contributed by atoms with Gasteiger partial charge in [0.25, 0.3) is 5.91 Å². The molecule has 3 rings (SSSR count). The van der Waals surface area contributed by atoms with Crippen molar-refractivity contribution in [3.63, 3.8) is 0 Å². The van der Waals surface area contributed by atoms with Gasteiger partial charge in [0.15, 0.2) is 0 Å². The number of likely N-dealkylation sites (tertiary alicyclic amines) is 1. The number of carbonyl (C=O) groups excluding carboxylic acids is 2. The normalized spacial score (nSPS) is 18.7. The Balaban J connectivity index is 1.34. The van der Waals surface area contributed by atoms with Crippen LogP contribution in [0.15, 0.2) is 24.3 Å². The van der Waals surface area contributed by atoms with Gasteiger partial charge in [-0.15, -0.1) is 0 Å². The Morgan fingerprint density at radius 2 is 1.65 bits per heavy atom. The number of amides is 2. The predicted molar refractivity (Wildman–Crippen MR) is 111 cm³/mol. The quantitative estimate of drug-likeness (QED) is 0.639. The standard InChI is InChI=1S/C23H31F3N2O3/c24-23(25,26)19-9-7-18(8-10-19)22(30)28-14-11-17(12-15-28)21(29)27-13-4-16-31-20-5-2-1-3-6-20/h7-10,17,20H,1-6,11-16H2,(H,27,29). The van der Waals surface area contributed by atoms with E-state index in [-0.39, 0.29) is 23.3 Å². The van der Waals surface area contributed by atoms with Crippen LogP contribution in [0.4, 0.5) is 13.2 Å². The molecule has 2 amide bonds. The van der Waals surface area contributed by atoms with Crippen molar-refractivity contribution in [3.8, 4) is 0 Å². The number of hydrogen-bond acceptors (Lipinski definition) is 3. The van der Waals surface area contributed by atoms with Gasteiger partial charge < -0.3 is 15.0 Å². The first-order chi connectivity index (χ1) is 14.8. The van der Waals surface area contributed by atoms with Crippen molar-refractivity contribution in [1.82, 2.24) is 10.2 Å². The third kappa shape index (κ3) is 6.95. The molecule has 31 heavy (non-hydrogen) atoms. The fraction of sp³-hybridized carbons (Fsp3) is 0.652. The van der Waals surface area contributed by atoms with Gasteiger partial charge >= 0.3 is 6.18 Å². The van der Waals surface area contributed by atoms with Crippen LogP contribution in [0, 0.1) is 5.92 Å². The Hall–Kier alpha value is -2.09. The van der Waals surface area contributed by atoms with Gasteiger partial charge in [0.2, 0.25) is 5.91 Å². The molecule has 0 bridgehead atoms. The largest absolute Gasteiger partial charge is 0.416 e. The smallest absolute Gasteiger partial charge is 0.378 e. The molecule has 172 valence electrons. The lowest BCUT2D eigenvalue weighted by Gasteiger charge is -2.31. The third-order valence-electron chi connectivity index (χ3n) is 6.14. The SMILES string of the molecule is O=C(NCCCOC1CCCCC1)C1CCN(C(=O)c2ccc(C(F)(F)F)cc2)CC1.